The smallest absolute Gasteiger partial charge is 0.343 e. The molecular weight excluding hydrogens is 524 g/mol. The summed E-state index contributed by atoms with van der Waals surface area (Å²) in [7, 11) is 1.23. The maximum absolute atomic E-state index is 13.4. The molecule has 0 atom stereocenters. The molecule has 0 saturated carbocycles. The monoisotopic (exact) mass is 546 g/mol. The fourth-order valence-electron chi connectivity index (χ4n) is 3.20. The first-order valence-corrected chi connectivity index (χ1v) is 11.4. The van der Waals surface area contributed by atoms with Crippen molar-refractivity contribution in [2.75, 3.05) is 31.8 Å². The molecule has 3 rings (SSSR count). The van der Waals surface area contributed by atoms with E-state index in [-0.39, 0.29) is 36.0 Å². The van der Waals surface area contributed by atoms with Crippen LogP contribution in [0.3, 0.4) is 0 Å². The van der Waals surface area contributed by atoms with E-state index in [0.717, 1.165) is 4.90 Å². The third-order valence-corrected chi connectivity index (χ3v) is 5.22. The van der Waals surface area contributed by atoms with Crippen LogP contribution in [0.4, 0.5) is 10.5 Å². The second kappa shape index (κ2) is 11.5. The Labute approximate surface area is 209 Å². The number of methoxy groups -OCH3 is 1. The molecule has 35 heavy (non-hydrogen) atoms. The molecule has 0 spiro atoms. The molecule has 2 aromatic rings. The summed E-state index contributed by atoms with van der Waals surface area (Å²) in [5, 5.41) is 2.18. The van der Waals surface area contributed by atoms with Crippen LogP contribution in [-0.2, 0) is 19.1 Å². The largest absolute Gasteiger partial charge is 0.494 e. The second-order valence-electron chi connectivity index (χ2n) is 7.00. The van der Waals surface area contributed by atoms with Crippen LogP contribution >= 0.6 is 15.9 Å². The molecule has 0 aromatic heterocycles. The van der Waals surface area contributed by atoms with Gasteiger partial charge in [-0.3, -0.25) is 14.9 Å². The molecule has 4 amide bonds. The van der Waals surface area contributed by atoms with Gasteiger partial charge in [-0.05, 0) is 50.3 Å². The van der Waals surface area contributed by atoms with Crippen molar-refractivity contribution >= 4 is 51.5 Å². The first-order chi connectivity index (χ1) is 16.8. The number of ether oxygens (including phenoxy) is 4. The van der Waals surface area contributed by atoms with Gasteiger partial charge in [0.25, 0.3) is 11.8 Å². The number of carbonyl (C=O) groups excluding carboxylic acids is 4. The van der Waals surface area contributed by atoms with E-state index in [1.54, 1.807) is 44.2 Å². The number of amides is 4. The Morgan fingerprint density at radius 1 is 1.00 bits per heavy atom. The van der Waals surface area contributed by atoms with Crippen LogP contribution in [-0.4, -0.2) is 50.7 Å². The number of nitrogens with zero attached hydrogens (tertiary/aromatic N) is 1. The van der Waals surface area contributed by atoms with Crippen molar-refractivity contribution in [1.29, 1.82) is 0 Å². The number of hydrogen-bond donors (Lipinski definition) is 1. The first kappa shape index (κ1) is 25.8. The molecule has 1 aliphatic heterocycles. The van der Waals surface area contributed by atoms with Gasteiger partial charge in [-0.2, -0.15) is 0 Å². The van der Waals surface area contributed by atoms with Crippen molar-refractivity contribution in [3.8, 4) is 17.2 Å². The lowest BCUT2D eigenvalue weighted by Gasteiger charge is -2.28. The Hall–Kier alpha value is -3.86. The van der Waals surface area contributed by atoms with Crippen molar-refractivity contribution in [3.63, 3.8) is 0 Å². The van der Waals surface area contributed by atoms with Gasteiger partial charge in [0, 0.05) is 16.1 Å². The highest BCUT2D eigenvalue weighted by Gasteiger charge is 2.38. The van der Waals surface area contributed by atoms with Crippen LogP contribution in [0.25, 0.3) is 6.08 Å². The highest BCUT2D eigenvalue weighted by atomic mass is 79.9. The number of rotatable bonds is 9. The normalized spacial score (nSPS) is 14.6. The summed E-state index contributed by atoms with van der Waals surface area (Å²) < 4.78 is 21.8. The zero-order chi connectivity index (χ0) is 25.5. The predicted molar refractivity (Wildman–Crippen MR) is 129 cm³/mol. The van der Waals surface area contributed by atoms with Gasteiger partial charge in [0.15, 0.2) is 6.61 Å². The number of esters is 1. The van der Waals surface area contributed by atoms with Crippen molar-refractivity contribution in [2.24, 2.45) is 0 Å². The van der Waals surface area contributed by atoms with Crippen LogP contribution in [0.5, 0.6) is 17.2 Å². The number of urea groups is 1. The molecular formula is C24H23BrN2O8. The molecule has 0 aliphatic carbocycles. The topological polar surface area (TPSA) is 120 Å². The van der Waals surface area contributed by atoms with Gasteiger partial charge in [0.05, 0.1) is 26.0 Å². The number of nitrogens with one attached hydrogen (secondary N) is 1. The fraction of sp³-hybridized carbons (Fsp3) is 0.250. The number of carbonyl (C=O) groups is 4. The predicted octanol–water partition coefficient (Wildman–Crippen LogP) is 3.46. The highest BCUT2D eigenvalue weighted by molar-refractivity contribution is 9.10. The molecule has 10 nitrogen and oxygen atoms in total. The van der Waals surface area contributed by atoms with Crippen LogP contribution < -0.4 is 24.4 Å². The lowest BCUT2D eigenvalue weighted by molar-refractivity contribution is -0.143. The van der Waals surface area contributed by atoms with Crippen LogP contribution in [0.15, 0.2) is 46.4 Å². The fourth-order valence-corrected chi connectivity index (χ4v) is 3.58. The molecule has 0 bridgehead atoms. The highest BCUT2D eigenvalue weighted by Crippen LogP contribution is 2.35. The maximum atomic E-state index is 13.4. The summed E-state index contributed by atoms with van der Waals surface area (Å²) in [5.41, 5.74) is 0.120. The van der Waals surface area contributed by atoms with E-state index in [1.807, 2.05) is 0 Å². The minimum Gasteiger partial charge on any atom is -0.494 e. The Morgan fingerprint density at radius 3 is 2.40 bits per heavy atom. The van der Waals surface area contributed by atoms with Crippen molar-refractivity contribution in [3.05, 3.63) is 52.0 Å². The van der Waals surface area contributed by atoms with Gasteiger partial charge >= 0.3 is 12.0 Å². The standard InChI is InChI=1S/C24H23BrN2O8/c1-4-33-16-7-9-20(34-5-2)18(12-16)27-23(30)17(22(29)26-24(27)31)11-14-10-15(25)6-8-19(14)35-13-21(28)32-3/h6-12H,4-5,13H2,1-3H3,(H,26,29,31)/b17-11+. The van der Waals surface area contributed by atoms with Gasteiger partial charge in [0.2, 0.25) is 0 Å². The molecule has 0 radical (unpaired) electrons. The van der Waals surface area contributed by atoms with E-state index in [2.05, 4.69) is 26.0 Å². The molecule has 1 fully saturated rings. The average molecular weight is 547 g/mol. The minimum atomic E-state index is -0.928. The summed E-state index contributed by atoms with van der Waals surface area (Å²) in [6.45, 7) is 3.84. The first-order valence-electron chi connectivity index (χ1n) is 10.6. The lowest BCUT2D eigenvalue weighted by atomic mass is 10.1. The minimum absolute atomic E-state index is 0.120. The van der Waals surface area contributed by atoms with E-state index >= 15 is 0 Å². The quantitative estimate of drug-likeness (QED) is 0.288. The Morgan fingerprint density at radius 2 is 1.71 bits per heavy atom. The van der Waals surface area contributed by atoms with Crippen LogP contribution in [0.2, 0.25) is 0 Å². The average Bonchev–Trinajstić information content (AvgIpc) is 2.82. The summed E-state index contributed by atoms with van der Waals surface area (Å²) in [6, 6.07) is 8.62. The SMILES string of the molecule is CCOc1ccc(OCC)c(N2C(=O)NC(=O)/C(=C\c3cc(Br)ccc3OCC(=O)OC)C2=O)c1. The summed E-state index contributed by atoms with van der Waals surface area (Å²) in [4.78, 5) is 51.1. The van der Waals surface area contributed by atoms with Crippen LogP contribution in [0, 0.1) is 0 Å². The molecule has 1 saturated heterocycles. The van der Waals surface area contributed by atoms with E-state index < -0.39 is 23.8 Å². The Bertz CT molecular complexity index is 1190. The van der Waals surface area contributed by atoms with Gasteiger partial charge < -0.3 is 18.9 Å². The van der Waals surface area contributed by atoms with E-state index in [1.165, 1.54) is 19.3 Å². The van der Waals surface area contributed by atoms with Crippen molar-refractivity contribution in [1.82, 2.24) is 5.32 Å². The molecule has 1 heterocycles. The number of hydrogen-bond acceptors (Lipinski definition) is 8. The summed E-state index contributed by atoms with van der Waals surface area (Å²) in [6.07, 6.45) is 1.28. The third kappa shape index (κ3) is 5.99. The number of imide groups is 2. The van der Waals surface area contributed by atoms with Crippen molar-refractivity contribution in [2.45, 2.75) is 13.8 Å². The van der Waals surface area contributed by atoms with E-state index in [9.17, 15) is 19.2 Å². The lowest BCUT2D eigenvalue weighted by Crippen LogP contribution is -2.54. The summed E-state index contributed by atoms with van der Waals surface area (Å²) >= 11 is 3.34. The van der Waals surface area contributed by atoms with Gasteiger partial charge in [0.1, 0.15) is 22.8 Å². The number of anilines is 1. The maximum Gasteiger partial charge on any atom is 0.343 e. The Balaban J connectivity index is 2.06. The third-order valence-electron chi connectivity index (χ3n) is 4.73. The summed E-state index contributed by atoms with van der Waals surface area (Å²) in [5.74, 6) is -1.45. The van der Waals surface area contributed by atoms with Crippen LogP contribution in [0.1, 0.15) is 19.4 Å². The van der Waals surface area contributed by atoms with E-state index in [0.29, 0.717) is 22.4 Å². The number of barbiturate groups is 1. The van der Waals surface area contributed by atoms with Gasteiger partial charge in [-0.25, -0.2) is 14.5 Å². The van der Waals surface area contributed by atoms with Gasteiger partial charge in [-0.15, -0.1) is 0 Å². The molecule has 11 heteroatoms. The molecule has 184 valence electrons. The van der Waals surface area contributed by atoms with Crippen molar-refractivity contribution < 1.29 is 38.1 Å². The molecule has 2 aromatic carbocycles. The molecule has 1 N–H and O–H groups in total. The zero-order valence-electron chi connectivity index (χ0n) is 19.3. The number of halogens is 1. The Kier molecular flexibility index (Phi) is 8.48. The molecule has 1 aliphatic rings. The molecule has 0 unspecified atom stereocenters. The van der Waals surface area contributed by atoms with Gasteiger partial charge in [-0.1, -0.05) is 15.9 Å². The number of benzene rings is 2. The zero-order valence-corrected chi connectivity index (χ0v) is 20.8. The second-order valence-corrected chi connectivity index (χ2v) is 7.92. The van der Waals surface area contributed by atoms with E-state index in [4.69, 9.17) is 14.2 Å².